The Morgan fingerprint density at radius 1 is 0.500 bits per heavy atom. The van der Waals surface area contributed by atoms with Crippen LogP contribution >= 0.6 is 7.92 Å². The van der Waals surface area contributed by atoms with Crippen LogP contribution in [0.25, 0.3) is 0 Å². The van der Waals surface area contributed by atoms with Gasteiger partial charge in [0.05, 0.1) is 33.0 Å². The van der Waals surface area contributed by atoms with Crippen molar-refractivity contribution in [3.63, 3.8) is 0 Å². The van der Waals surface area contributed by atoms with Crippen LogP contribution in [0.1, 0.15) is 27.8 Å². The minimum Gasteiger partial charge on any atom is -0.483 e. The number of rotatable bonds is 0. The molecule has 3 heterocycles. The van der Waals surface area contributed by atoms with Crippen LogP contribution in [0.15, 0.2) is 139 Å². The van der Waals surface area contributed by atoms with E-state index in [2.05, 4.69) is 41.6 Å². The Labute approximate surface area is 268 Å². The zero-order chi connectivity index (χ0) is 30.5. The smallest absolute Gasteiger partial charge is 0.154 e. The van der Waals surface area contributed by atoms with E-state index < -0.39 is 7.92 Å². The summed E-state index contributed by atoms with van der Waals surface area (Å²) in [6.07, 6.45) is 3.93. The molecule has 3 unspecified atom stereocenters. The maximum atomic E-state index is 6.82. The van der Waals surface area contributed by atoms with Crippen LogP contribution in [-0.4, -0.2) is 11.8 Å². The molecule has 0 bridgehead atoms. The quantitative estimate of drug-likeness (QED) is 0.136. The lowest BCUT2D eigenvalue weighted by molar-refractivity contribution is 0.223. The van der Waals surface area contributed by atoms with E-state index in [9.17, 15) is 0 Å². The molecule has 0 N–H and O–H groups in total. The van der Waals surface area contributed by atoms with Crippen LogP contribution in [0, 0.1) is 35.5 Å². The summed E-state index contributed by atoms with van der Waals surface area (Å²) in [5, 5.41) is 2.12. The number of allylic oxidation sites excluding steroid dienone is 2. The van der Waals surface area contributed by atoms with Crippen molar-refractivity contribution in [2.24, 2.45) is 0 Å². The molecule has 1 aliphatic carbocycles. The summed E-state index contributed by atoms with van der Waals surface area (Å²) >= 11 is 0. The lowest BCUT2D eigenvalue weighted by atomic mass is 10.0. The van der Waals surface area contributed by atoms with Gasteiger partial charge in [-0.1, -0.05) is 90.1 Å². The van der Waals surface area contributed by atoms with Gasteiger partial charge in [-0.3, -0.25) is 0 Å². The third-order valence-corrected chi connectivity index (χ3v) is 11.2. The second-order valence-corrected chi connectivity index (χ2v) is 13.4. The van der Waals surface area contributed by atoms with Gasteiger partial charge in [0.25, 0.3) is 0 Å². The number of hydrogen-bond acceptors (Lipinski definition) is 3. The Morgan fingerprint density at radius 2 is 1.02 bits per heavy atom. The molecule has 0 aromatic heterocycles. The Kier molecular flexibility index (Phi) is 6.28. The van der Waals surface area contributed by atoms with Crippen LogP contribution in [0.5, 0.6) is 23.0 Å². The maximum Gasteiger partial charge on any atom is 0.154 e. The Hall–Kier alpha value is -5.91. The van der Waals surface area contributed by atoms with Gasteiger partial charge in [0.2, 0.25) is 0 Å². The molecule has 214 valence electrons. The molecular weight excluding hydrogens is 583 g/mol. The highest BCUT2D eigenvalue weighted by molar-refractivity contribution is 7.75. The van der Waals surface area contributed by atoms with Gasteiger partial charge in [-0.05, 0) is 80.7 Å². The van der Waals surface area contributed by atoms with Crippen molar-refractivity contribution in [3.8, 4) is 58.5 Å². The Bertz CT molecular complexity index is 2300. The van der Waals surface area contributed by atoms with Crippen molar-refractivity contribution in [2.75, 3.05) is 0 Å². The van der Waals surface area contributed by atoms with E-state index in [0.29, 0.717) is 0 Å². The van der Waals surface area contributed by atoms with Crippen molar-refractivity contribution < 1.29 is 14.2 Å². The average molecular weight is 607 g/mol. The molecule has 0 fully saturated rings. The first-order valence-corrected chi connectivity index (χ1v) is 16.5. The summed E-state index contributed by atoms with van der Waals surface area (Å²) in [4.78, 5) is 0. The van der Waals surface area contributed by atoms with Crippen LogP contribution in [0.4, 0.5) is 0 Å². The van der Waals surface area contributed by atoms with Crippen LogP contribution < -0.4 is 24.8 Å². The zero-order valence-electron chi connectivity index (χ0n) is 24.5. The fourth-order valence-corrected chi connectivity index (χ4v) is 9.31. The lowest BCUT2D eigenvalue weighted by Crippen LogP contribution is -2.48. The fourth-order valence-electron chi connectivity index (χ4n) is 6.16. The van der Waals surface area contributed by atoms with Gasteiger partial charge in [0.1, 0.15) is 29.1 Å². The molecule has 9 rings (SSSR count). The predicted molar refractivity (Wildman–Crippen MR) is 182 cm³/mol. The SMILES string of the molecule is C(#Cc1ccccc1)C1=C2Oc3ccc(C#Cc4ccccc4)c4c3P3c5c(ccc(C#Cc6ccccc6)c5OC(C=C1)C23)O4. The van der Waals surface area contributed by atoms with E-state index in [1.165, 1.54) is 0 Å². The van der Waals surface area contributed by atoms with Crippen LogP contribution in [0.2, 0.25) is 0 Å². The maximum absolute atomic E-state index is 6.82. The molecule has 5 aromatic carbocycles. The molecule has 0 saturated carbocycles. The number of benzene rings is 5. The highest BCUT2D eigenvalue weighted by Crippen LogP contribution is 2.63. The molecule has 0 spiro atoms. The average Bonchev–Trinajstić information content (AvgIpc) is 3.11. The summed E-state index contributed by atoms with van der Waals surface area (Å²) in [6, 6.07) is 38.1. The van der Waals surface area contributed by atoms with E-state index in [1.54, 1.807) is 0 Å². The molecule has 3 atom stereocenters. The van der Waals surface area contributed by atoms with Gasteiger partial charge in [0.15, 0.2) is 5.75 Å². The summed E-state index contributed by atoms with van der Waals surface area (Å²) in [5.41, 5.74) is 5.34. The fraction of sp³-hybridized carbons (Fsp3) is 0.0476. The van der Waals surface area contributed by atoms with E-state index in [1.807, 2.05) is 121 Å². The summed E-state index contributed by atoms with van der Waals surface area (Å²) in [5.74, 6) is 24.1. The van der Waals surface area contributed by atoms with Crippen molar-refractivity contribution in [1.82, 2.24) is 0 Å². The zero-order valence-corrected chi connectivity index (χ0v) is 25.3. The highest BCUT2D eigenvalue weighted by atomic mass is 31.1. The van der Waals surface area contributed by atoms with Crippen molar-refractivity contribution in [2.45, 2.75) is 11.8 Å². The van der Waals surface area contributed by atoms with Crippen LogP contribution in [-0.2, 0) is 0 Å². The van der Waals surface area contributed by atoms with Gasteiger partial charge in [0, 0.05) is 16.7 Å². The molecule has 4 aliphatic rings. The largest absolute Gasteiger partial charge is 0.483 e. The molecule has 0 radical (unpaired) electrons. The second kappa shape index (κ2) is 10.9. The number of ether oxygens (including phenoxy) is 3. The summed E-state index contributed by atoms with van der Waals surface area (Å²) < 4.78 is 20.3. The van der Waals surface area contributed by atoms with E-state index >= 15 is 0 Å². The predicted octanol–water partition coefficient (Wildman–Crippen LogP) is 7.42. The van der Waals surface area contributed by atoms with Gasteiger partial charge >= 0.3 is 0 Å². The first-order valence-electron chi connectivity index (χ1n) is 15.1. The van der Waals surface area contributed by atoms with Gasteiger partial charge in [-0.2, -0.15) is 0 Å². The van der Waals surface area contributed by atoms with Crippen molar-refractivity contribution in [1.29, 1.82) is 0 Å². The first kappa shape index (κ1) is 26.5. The topological polar surface area (TPSA) is 27.7 Å². The van der Waals surface area contributed by atoms with Gasteiger partial charge in [-0.25, -0.2) is 0 Å². The van der Waals surface area contributed by atoms with E-state index in [4.69, 9.17) is 14.2 Å². The molecule has 3 nitrogen and oxygen atoms in total. The molecule has 3 aliphatic heterocycles. The lowest BCUT2D eigenvalue weighted by Gasteiger charge is -2.47. The van der Waals surface area contributed by atoms with Crippen molar-refractivity contribution in [3.05, 3.63) is 167 Å². The number of hydrogen-bond donors (Lipinski definition) is 0. The van der Waals surface area contributed by atoms with Crippen LogP contribution in [0.3, 0.4) is 0 Å². The summed E-state index contributed by atoms with van der Waals surface area (Å²) in [7, 11) is -1.01. The molecule has 0 amide bonds. The molecule has 46 heavy (non-hydrogen) atoms. The molecule has 0 saturated heterocycles. The molecule has 4 heteroatoms. The monoisotopic (exact) mass is 606 g/mol. The first-order chi connectivity index (χ1) is 22.8. The van der Waals surface area contributed by atoms with Crippen molar-refractivity contribution >= 4 is 18.5 Å². The Morgan fingerprint density at radius 3 is 1.63 bits per heavy atom. The standard InChI is InChI=1S/C42H23O3P/c1-4-10-28(11-5-1)16-19-31-22-25-34-40-37(31)43-35-26-23-32(20-17-29-12-6-2-7-13-29)38-41(35)46(40)42-36(45-38)27-24-33(39(42)44-34)21-18-30-14-8-3-9-15-30/h1-15,22-27,34,40H. The second-order valence-electron chi connectivity index (χ2n) is 11.2. The molecular formula is C42H23O3P. The third kappa shape index (κ3) is 4.48. The minimum absolute atomic E-state index is 0.0591. The van der Waals surface area contributed by atoms with Gasteiger partial charge in [-0.15, -0.1) is 0 Å². The molecule has 5 aromatic rings. The van der Waals surface area contributed by atoms with E-state index in [0.717, 1.165) is 72.8 Å². The Balaban J connectivity index is 1.24. The minimum atomic E-state index is -1.01. The third-order valence-electron chi connectivity index (χ3n) is 8.28. The van der Waals surface area contributed by atoms with Gasteiger partial charge < -0.3 is 14.2 Å². The highest BCUT2D eigenvalue weighted by Gasteiger charge is 2.52. The van der Waals surface area contributed by atoms with E-state index in [-0.39, 0.29) is 11.8 Å². The summed E-state index contributed by atoms with van der Waals surface area (Å²) in [6.45, 7) is 0. The normalized spacial score (nSPS) is 18.5.